The molecule has 1 aliphatic rings. The number of unbranched alkanes of at least 4 members (excludes halogenated alkanes) is 1. The first-order valence-corrected chi connectivity index (χ1v) is 14.0. The summed E-state index contributed by atoms with van der Waals surface area (Å²) in [4.78, 5) is 12.3. The van der Waals surface area contributed by atoms with Crippen molar-refractivity contribution >= 4 is 29.3 Å². The number of rotatable bonds is 12. The Balaban J connectivity index is 1.31. The highest BCUT2D eigenvalue weighted by atomic mass is 35.5. The molecule has 4 rings (SSSR count). The lowest BCUT2D eigenvalue weighted by molar-refractivity contribution is -0.121. The number of amides is 1. The fourth-order valence-corrected chi connectivity index (χ4v) is 5.34. The van der Waals surface area contributed by atoms with Gasteiger partial charge in [0.15, 0.2) is 5.16 Å². The first-order valence-electron chi connectivity index (χ1n) is 12.6. The number of hydrogen-bond acceptors (Lipinski definition) is 5. The third kappa shape index (κ3) is 7.98. The zero-order valence-corrected chi connectivity index (χ0v) is 22.9. The van der Waals surface area contributed by atoms with Crippen LogP contribution in [-0.2, 0) is 17.8 Å². The fourth-order valence-electron chi connectivity index (χ4n) is 4.11. The molecule has 37 heavy (non-hydrogen) atoms. The molecule has 2 aromatic carbocycles. The van der Waals surface area contributed by atoms with Crippen molar-refractivity contribution in [3.63, 3.8) is 0 Å². The zero-order chi connectivity index (χ0) is 26.0. The van der Waals surface area contributed by atoms with Crippen molar-refractivity contribution in [2.45, 2.75) is 50.7 Å². The van der Waals surface area contributed by atoms with E-state index in [4.69, 9.17) is 16.3 Å². The number of carbonyl (C=O) groups is 1. The molecule has 6 nitrogen and oxygen atoms in total. The Bertz CT molecular complexity index is 1250. The number of thioether (sulfide) groups is 1. The number of hydrogen-bond donors (Lipinski definition) is 1. The number of aromatic nitrogens is 3. The summed E-state index contributed by atoms with van der Waals surface area (Å²) >= 11 is 8.02. The number of allylic oxidation sites excluding steroid dienone is 4. The standard InChI is InChI=1S/C29H33ClN4O2S/c1-21-10-12-23(13-11-21)20-37-29-33-32-27(34(29)25-7-5-6-24(30)18-25)8-3-4-9-28(35)31-19-22-14-16-26(36-2)17-15-22/h5-7,10-12,14-18,23H,3-4,8-9,13,19-20H2,1-2H3,(H,31,35). The van der Waals surface area contributed by atoms with Crippen molar-refractivity contribution in [3.05, 3.63) is 88.7 Å². The van der Waals surface area contributed by atoms with Crippen molar-refractivity contribution in [1.29, 1.82) is 0 Å². The van der Waals surface area contributed by atoms with Gasteiger partial charge in [-0.1, -0.05) is 65.4 Å². The Hall–Kier alpha value is -3.03. The quantitative estimate of drug-likeness (QED) is 0.209. The van der Waals surface area contributed by atoms with E-state index in [-0.39, 0.29) is 5.91 Å². The van der Waals surface area contributed by atoms with Crippen LogP contribution in [0, 0.1) is 5.92 Å². The van der Waals surface area contributed by atoms with E-state index in [1.54, 1.807) is 18.9 Å². The summed E-state index contributed by atoms with van der Waals surface area (Å²) in [5, 5.41) is 13.6. The predicted octanol–water partition coefficient (Wildman–Crippen LogP) is 6.57. The van der Waals surface area contributed by atoms with Crippen molar-refractivity contribution in [3.8, 4) is 11.4 Å². The molecule has 0 fully saturated rings. The van der Waals surface area contributed by atoms with E-state index in [1.807, 2.05) is 48.5 Å². The number of aryl methyl sites for hydroxylation is 1. The van der Waals surface area contributed by atoms with Crippen molar-refractivity contribution in [2.24, 2.45) is 5.92 Å². The number of halogens is 1. The van der Waals surface area contributed by atoms with Gasteiger partial charge < -0.3 is 10.1 Å². The maximum atomic E-state index is 12.3. The second-order valence-electron chi connectivity index (χ2n) is 9.16. The zero-order valence-electron chi connectivity index (χ0n) is 21.3. The van der Waals surface area contributed by atoms with Crippen LogP contribution in [0.4, 0.5) is 0 Å². The lowest BCUT2D eigenvalue weighted by Gasteiger charge is -2.15. The maximum absolute atomic E-state index is 12.3. The molecule has 0 aliphatic heterocycles. The largest absolute Gasteiger partial charge is 0.497 e. The first kappa shape index (κ1) is 27.0. The molecule has 1 N–H and O–H groups in total. The Morgan fingerprint density at radius 2 is 2.03 bits per heavy atom. The van der Waals surface area contributed by atoms with Crippen molar-refractivity contribution < 1.29 is 9.53 Å². The van der Waals surface area contributed by atoms with Gasteiger partial charge >= 0.3 is 0 Å². The molecule has 0 bridgehead atoms. The molecule has 1 aliphatic carbocycles. The van der Waals surface area contributed by atoms with Crippen LogP contribution in [0.15, 0.2) is 77.5 Å². The monoisotopic (exact) mass is 536 g/mol. The Morgan fingerprint density at radius 1 is 1.19 bits per heavy atom. The van der Waals surface area contributed by atoms with E-state index in [9.17, 15) is 4.79 Å². The molecule has 1 amide bonds. The molecule has 1 heterocycles. The summed E-state index contributed by atoms with van der Waals surface area (Å²) in [6, 6.07) is 15.5. The van der Waals surface area contributed by atoms with Crippen LogP contribution in [-0.4, -0.2) is 33.5 Å². The van der Waals surface area contributed by atoms with Gasteiger partial charge in [0.05, 0.1) is 12.8 Å². The van der Waals surface area contributed by atoms with Gasteiger partial charge in [-0.05, 0) is 68.0 Å². The molecule has 0 saturated heterocycles. The summed E-state index contributed by atoms with van der Waals surface area (Å²) in [6.45, 7) is 2.64. The topological polar surface area (TPSA) is 69.0 Å². The molecular formula is C29H33ClN4O2S. The maximum Gasteiger partial charge on any atom is 0.220 e. The Labute approximate surface area is 228 Å². The van der Waals surface area contributed by atoms with E-state index in [0.717, 1.165) is 59.4 Å². The highest BCUT2D eigenvalue weighted by Gasteiger charge is 2.17. The second kappa shape index (κ2) is 13.5. The van der Waals surface area contributed by atoms with Gasteiger partial charge in [0.25, 0.3) is 0 Å². The minimum absolute atomic E-state index is 0.0493. The lowest BCUT2D eigenvalue weighted by atomic mass is 9.99. The molecule has 194 valence electrons. The smallest absolute Gasteiger partial charge is 0.220 e. The molecular weight excluding hydrogens is 504 g/mol. The second-order valence-corrected chi connectivity index (χ2v) is 10.6. The van der Waals surface area contributed by atoms with Gasteiger partial charge in [0.2, 0.25) is 5.91 Å². The van der Waals surface area contributed by atoms with E-state index < -0.39 is 0 Å². The molecule has 0 radical (unpaired) electrons. The Kier molecular flexibility index (Phi) is 9.85. The van der Waals surface area contributed by atoms with Crippen LogP contribution in [0.3, 0.4) is 0 Å². The van der Waals surface area contributed by atoms with Crippen LogP contribution < -0.4 is 10.1 Å². The molecule has 1 atom stereocenters. The summed E-state index contributed by atoms with van der Waals surface area (Å²) in [5.41, 5.74) is 3.32. The minimum atomic E-state index is 0.0493. The fraction of sp³-hybridized carbons (Fsp3) is 0.345. The SMILES string of the molecule is COc1ccc(CNC(=O)CCCCc2nnc(SCC3C=CC(C)=CC3)n2-c2cccc(Cl)c2)cc1. The summed E-state index contributed by atoms with van der Waals surface area (Å²) in [5.74, 6) is 3.16. The number of carbonyl (C=O) groups excluding carboxylic acids is 1. The predicted molar refractivity (Wildman–Crippen MR) is 150 cm³/mol. The number of ether oxygens (including phenoxy) is 1. The Morgan fingerprint density at radius 3 is 2.76 bits per heavy atom. The molecule has 1 aromatic heterocycles. The third-order valence-corrected chi connectivity index (χ3v) is 7.62. The van der Waals surface area contributed by atoms with Gasteiger partial charge in [-0.15, -0.1) is 10.2 Å². The van der Waals surface area contributed by atoms with Crippen molar-refractivity contribution in [2.75, 3.05) is 12.9 Å². The van der Waals surface area contributed by atoms with Gasteiger partial charge in [-0.3, -0.25) is 9.36 Å². The minimum Gasteiger partial charge on any atom is -0.497 e. The van der Waals surface area contributed by atoms with Crippen molar-refractivity contribution in [1.82, 2.24) is 20.1 Å². The van der Waals surface area contributed by atoms with Crippen LogP contribution in [0.25, 0.3) is 5.69 Å². The first-order chi connectivity index (χ1) is 18.0. The molecule has 3 aromatic rings. The lowest BCUT2D eigenvalue weighted by Crippen LogP contribution is -2.22. The van der Waals surface area contributed by atoms with E-state index >= 15 is 0 Å². The van der Waals surface area contributed by atoms with Gasteiger partial charge in [-0.25, -0.2) is 0 Å². The van der Waals surface area contributed by atoms with Crippen LogP contribution in [0.5, 0.6) is 5.75 Å². The van der Waals surface area contributed by atoms with E-state index in [1.165, 1.54) is 5.57 Å². The summed E-state index contributed by atoms with van der Waals surface area (Å²) in [7, 11) is 1.64. The summed E-state index contributed by atoms with van der Waals surface area (Å²) in [6.07, 6.45) is 10.6. The number of nitrogens with one attached hydrogen (secondary N) is 1. The summed E-state index contributed by atoms with van der Waals surface area (Å²) < 4.78 is 7.28. The molecule has 0 spiro atoms. The normalized spacial score (nSPS) is 14.9. The third-order valence-electron chi connectivity index (χ3n) is 6.27. The van der Waals surface area contributed by atoms with Crippen LogP contribution in [0.1, 0.15) is 44.0 Å². The molecule has 0 saturated carbocycles. The molecule has 1 unspecified atom stereocenters. The average Bonchev–Trinajstić information content (AvgIpc) is 3.32. The van der Waals surface area contributed by atoms with E-state index in [2.05, 4.69) is 45.2 Å². The average molecular weight is 537 g/mol. The number of nitrogens with zero attached hydrogens (tertiary/aromatic N) is 3. The van der Waals surface area contributed by atoms with Gasteiger partial charge in [-0.2, -0.15) is 0 Å². The van der Waals surface area contributed by atoms with Gasteiger partial charge in [0.1, 0.15) is 11.6 Å². The highest BCUT2D eigenvalue weighted by Crippen LogP contribution is 2.28. The van der Waals surface area contributed by atoms with Crippen LogP contribution in [0.2, 0.25) is 5.02 Å². The van der Waals surface area contributed by atoms with E-state index in [0.29, 0.717) is 23.9 Å². The molecule has 8 heteroatoms. The van der Waals surface area contributed by atoms with Gasteiger partial charge in [0, 0.05) is 30.2 Å². The number of benzene rings is 2. The number of methoxy groups -OCH3 is 1. The highest BCUT2D eigenvalue weighted by molar-refractivity contribution is 7.99. The van der Waals surface area contributed by atoms with Crippen LogP contribution >= 0.6 is 23.4 Å².